The fourth-order valence-corrected chi connectivity index (χ4v) is 3.39. The second kappa shape index (κ2) is 7.69. The molecule has 0 aliphatic heterocycles. The average Bonchev–Trinajstić information content (AvgIpc) is 3.01. The molecule has 0 atom stereocenters. The summed E-state index contributed by atoms with van der Waals surface area (Å²) in [5, 5.41) is 2.82. The Kier molecular flexibility index (Phi) is 5.86. The van der Waals surface area contributed by atoms with Crippen LogP contribution in [0.15, 0.2) is 18.2 Å². The number of carbonyl (C=O) groups is 2. The molecule has 1 aliphatic rings. The van der Waals surface area contributed by atoms with Gasteiger partial charge >= 0.3 is 5.97 Å². The van der Waals surface area contributed by atoms with Crippen molar-refractivity contribution in [2.24, 2.45) is 0 Å². The van der Waals surface area contributed by atoms with E-state index in [2.05, 4.69) is 19.2 Å². The van der Waals surface area contributed by atoms with E-state index in [0.29, 0.717) is 24.5 Å². The molecule has 0 spiro atoms. The molecule has 1 amide bonds. The molecule has 1 saturated carbocycles. The van der Waals surface area contributed by atoms with Crippen molar-refractivity contribution >= 4 is 11.9 Å². The molecule has 1 N–H and O–H groups in total. The average molecular weight is 333 g/mol. The summed E-state index contributed by atoms with van der Waals surface area (Å²) in [4.78, 5) is 24.2. The van der Waals surface area contributed by atoms with Gasteiger partial charge in [0.15, 0.2) is 6.61 Å². The van der Waals surface area contributed by atoms with Crippen molar-refractivity contribution in [3.63, 3.8) is 0 Å². The zero-order valence-electron chi connectivity index (χ0n) is 15.0. The van der Waals surface area contributed by atoms with Gasteiger partial charge in [-0.25, -0.2) is 4.79 Å². The van der Waals surface area contributed by atoms with Crippen molar-refractivity contribution in [2.75, 3.05) is 13.7 Å². The fraction of sp³-hybridized carbons (Fsp3) is 0.579. The number of ether oxygens (including phenoxy) is 2. The monoisotopic (exact) mass is 333 g/mol. The Hall–Kier alpha value is -2.04. The number of hydrogen-bond donors (Lipinski definition) is 1. The van der Waals surface area contributed by atoms with Crippen LogP contribution in [0.1, 0.15) is 56.6 Å². The van der Waals surface area contributed by atoms with Crippen LogP contribution >= 0.6 is 0 Å². The van der Waals surface area contributed by atoms with Crippen molar-refractivity contribution < 1.29 is 19.1 Å². The van der Waals surface area contributed by atoms with Crippen LogP contribution in [0.25, 0.3) is 0 Å². The first kappa shape index (κ1) is 18.3. The second-order valence-electron chi connectivity index (χ2n) is 6.79. The third-order valence-corrected chi connectivity index (χ3v) is 4.65. The Morgan fingerprint density at radius 2 is 1.92 bits per heavy atom. The highest BCUT2D eigenvalue weighted by molar-refractivity contribution is 5.88. The summed E-state index contributed by atoms with van der Waals surface area (Å²) in [7, 11) is 1.35. The van der Waals surface area contributed by atoms with Crippen molar-refractivity contribution in [1.29, 1.82) is 0 Å². The van der Waals surface area contributed by atoms with Gasteiger partial charge in [0.1, 0.15) is 11.3 Å². The topological polar surface area (TPSA) is 64.6 Å². The molecule has 1 aromatic carbocycles. The molecule has 0 bridgehead atoms. The van der Waals surface area contributed by atoms with Crippen LogP contribution in [0.2, 0.25) is 0 Å². The molecule has 0 radical (unpaired) electrons. The normalized spacial score (nSPS) is 16.0. The summed E-state index contributed by atoms with van der Waals surface area (Å²) in [6, 6.07) is 5.84. The largest absolute Gasteiger partial charge is 0.484 e. The van der Waals surface area contributed by atoms with Crippen LogP contribution in [0.5, 0.6) is 5.75 Å². The quantitative estimate of drug-likeness (QED) is 0.813. The molecule has 1 aliphatic carbocycles. The maximum absolute atomic E-state index is 12.2. The van der Waals surface area contributed by atoms with E-state index >= 15 is 0 Å². The summed E-state index contributed by atoms with van der Waals surface area (Å²) < 4.78 is 10.4. The molecule has 1 aromatic rings. The minimum Gasteiger partial charge on any atom is -0.484 e. The van der Waals surface area contributed by atoms with Crippen LogP contribution in [-0.4, -0.2) is 31.1 Å². The summed E-state index contributed by atoms with van der Waals surface area (Å²) in [6.45, 7) is 6.21. The number of amides is 1. The molecular formula is C19H27NO4. The van der Waals surface area contributed by atoms with Gasteiger partial charge in [-0.3, -0.25) is 4.79 Å². The standard InChI is InChI=1S/C19H27NO4/c1-13(2)16-8-7-15(11-14(16)3)24-12-17(21)20-19(18(22)23-4)9-5-6-10-19/h7-8,11,13H,5-6,9-10,12H2,1-4H3,(H,20,21). The Bertz CT molecular complexity index is 603. The Labute approximate surface area is 143 Å². The third kappa shape index (κ3) is 4.08. The highest BCUT2D eigenvalue weighted by Crippen LogP contribution is 2.31. The number of nitrogens with one attached hydrogen (secondary N) is 1. The lowest BCUT2D eigenvalue weighted by molar-refractivity contribution is -0.151. The van der Waals surface area contributed by atoms with Gasteiger partial charge in [-0.2, -0.15) is 0 Å². The van der Waals surface area contributed by atoms with E-state index in [0.717, 1.165) is 18.4 Å². The molecule has 0 heterocycles. The Morgan fingerprint density at radius 1 is 1.25 bits per heavy atom. The Morgan fingerprint density at radius 3 is 2.46 bits per heavy atom. The number of hydrogen-bond acceptors (Lipinski definition) is 4. The molecule has 1 fully saturated rings. The molecule has 5 heteroatoms. The van der Waals surface area contributed by atoms with Gasteiger partial charge in [0, 0.05) is 0 Å². The highest BCUT2D eigenvalue weighted by Gasteiger charge is 2.43. The molecular weight excluding hydrogens is 306 g/mol. The van der Waals surface area contributed by atoms with E-state index in [1.165, 1.54) is 12.7 Å². The van der Waals surface area contributed by atoms with Crippen molar-refractivity contribution in [3.05, 3.63) is 29.3 Å². The lowest BCUT2D eigenvalue weighted by Gasteiger charge is -2.27. The molecule has 24 heavy (non-hydrogen) atoms. The van der Waals surface area contributed by atoms with Gasteiger partial charge in [-0.05, 0) is 48.9 Å². The number of aryl methyl sites for hydroxylation is 1. The molecule has 0 aromatic heterocycles. The van der Waals surface area contributed by atoms with E-state index in [9.17, 15) is 9.59 Å². The minimum atomic E-state index is -0.882. The predicted octanol–water partition coefficient (Wildman–Crippen LogP) is 3.10. The SMILES string of the molecule is COC(=O)C1(NC(=O)COc2ccc(C(C)C)c(C)c2)CCCC1. The van der Waals surface area contributed by atoms with Gasteiger partial charge in [-0.1, -0.05) is 32.8 Å². The Balaban J connectivity index is 1.95. The van der Waals surface area contributed by atoms with Crippen LogP contribution in [-0.2, 0) is 14.3 Å². The first-order chi connectivity index (χ1) is 11.4. The van der Waals surface area contributed by atoms with Crippen LogP contribution in [0, 0.1) is 6.92 Å². The maximum atomic E-state index is 12.2. The van der Waals surface area contributed by atoms with Crippen LogP contribution < -0.4 is 10.1 Å². The first-order valence-corrected chi connectivity index (χ1v) is 8.51. The number of carbonyl (C=O) groups excluding carboxylic acids is 2. The van der Waals surface area contributed by atoms with E-state index in [-0.39, 0.29) is 18.5 Å². The van der Waals surface area contributed by atoms with Crippen LogP contribution in [0.4, 0.5) is 0 Å². The van der Waals surface area contributed by atoms with E-state index < -0.39 is 5.54 Å². The van der Waals surface area contributed by atoms with Crippen molar-refractivity contribution in [1.82, 2.24) is 5.32 Å². The smallest absolute Gasteiger partial charge is 0.331 e. The lowest BCUT2D eigenvalue weighted by Crippen LogP contribution is -2.54. The van der Waals surface area contributed by atoms with Gasteiger partial charge in [-0.15, -0.1) is 0 Å². The molecule has 0 saturated heterocycles. The van der Waals surface area contributed by atoms with Crippen molar-refractivity contribution in [3.8, 4) is 5.75 Å². The summed E-state index contributed by atoms with van der Waals surface area (Å²) in [5.74, 6) is 0.439. The fourth-order valence-electron chi connectivity index (χ4n) is 3.39. The molecule has 132 valence electrons. The number of methoxy groups -OCH3 is 1. The molecule has 5 nitrogen and oxygen atoms in total. The maximum Gasteiger partial charge on any atom is 0.331 e. The molecule has 2 rings (SSSR count). The van der Waals surface area contributed by atoms with Gasteiger partial charge in [0.05, 0.1) is 7.11 Å². The number of rotatable bonds is 6. The summed E-state index contributed by atoms with van der Waals surface area (Å²) in [5.41, 5.74) is 1.53. The summed E-state index contributed by atoms with van der Waals surface area (Å²) >= 11 is 0. The highest BCUT2D eigenvalue weighted by atomic mass is 16.5. The van der Waals surface area contributed by atoms with Gasteiger partial charge < -0.3 is 14.8 Å². The number of esters is 1. The predicted molar refractivity (Wildman–Crippen MR) is 92.1 cm³/mol. The zero-order valence-corrected chi connectivity index (χ0v) is 15.0. The van der Waals surface area contributed by atoms with Crippen molar-refractivity contribution in [2.45, 2.75) is 57.9 Å². The molecule has 0 unspecified atom stereocenters. The van der Waals surface area contributed by atoms with Gasteiger partial charge in [0.2, 0.25) is 0 Å². The summed E-state index contributed by atoms with van der Waals surface area (Å²) in [6.07, 6.45) is 3.05. The zero-order chi connectivity index (χ0) is 17.7. The van der Waals surface area contributed by atoms with Gasteiger partial charge in [0.25, 0.3) is 5.91 Å². The van der Waals surface area contributed by atoms with Crippen LogP contribution in [0.3, 0.4) is 0 Å². The van der Waals surface area contributed by atoms with E-state index in [1.807, 2.05) is 25.1 Å². The third-order valence-electron chi connectivity index (χ3n) is 4.65. The second-order valence-corrected chi connectivity index (χ2v) is 6.79. The number of benzene rings is 1. The first-order valence-electron chi connectivity index (χ1n) is 8.51. The minimum absolute atomic E-state index is 0.112. The van der Waals surface area contributed by atoms with E-state index in [1.54, 1.807) is 0 Å². The lowest BCUT2D eigenvalue weighted by atomic mass is 9.97. The van der Waals surface area contributed by atoms with E-state index in [4.69, 9.17) is 9.47 Å².